The molecule has 2 N–H and O–H groups in total. The van der Waals surface area contributed by atoms with Crippen molar-refractivity contribution in [3.8, 4) is 0 Å². The number of nitrogens with one attached hydrogen (secondary N) is 2. The monoisotopic (exact) mass is 306 g/mol. The molecule has 118 valence electrons. The van der Waals surface area contributed by atoms with E-state index in [1.54, 1.807) is 6.07 Å². The first kappa shape index (κ1) is 14.8. The SMILES string of the molecule is COC(=O)[C@@H]1[C@H]2CC[C@@H](C2)[C@H]1NC(=O)Nc1cccc(F)c1. The minimum Gasteiger partial charge on any atom is -0.469 e. The molecule has 4 atom stereocenters. The van der Waals surface area contributed by atoms with E-state index < -0.39 is 11.8 Å². The Hall–Kier alpha value is -2.11. The standard InChI is InChI=1S/C16H19FN2O3/c1-22-15(20)13-9-5-6-10(7-9)14(13)19-16(21)18-12-4-2-3-11(17)8-12/h2-4,8-10,13-14H,5-7H2,1H3,(H2,18,19,21)/t9-,10-,13+,14+/m0/s1. The van der Waals surface area contributed by atoms with Gasteiger partial charge in [0, 0.05) is 11.7 Å². The minimum absolute atomic E-state index is 0.209. The van der Waals surface area contributed by atoms with Crippen LogP contribution in [0, 0.1) is 23.6 Å². The van der Waals surface area contributed by atoms with Gasteiger partial charge in [-0.05, 0) is 49.3 Å². The Balaban J connectivity index is 1.66. The molecule has 2 bridgehead atoms. The Morgan fingerprint density at radius 3 is 2.77 bits per heavy atom. The zero-order valence-corrected chi connectivity index (χ0v) is 12.3. The summed E-state index contributed by atoms with van der Waals surface area (Å²) in [5.41, 5.74) is 0.385. The second-order valence-electron chi connectivity index (χ2n) is 6.02. The van der Waals surface area contributed by atoms with Crippen molar-refractivity contribution in [3.05, 3.63) is 30.1 Å². The predicted octanol–water partition coefficient (Wildman–Crippen LogP) is 2.53. The van der Waals surface area contributed by atoms with Crippen molar-refractivity contribution >= 4 is 17.7 Å². The molecule has 0 saturated heterocycles. The van der Waals surface area contributed by atoms with Crippen molar-refractivity contribution in [1.82, 2.24) is 5.32 Å². The average molecular weight is 306 g/mol. The normalized spacial score (nSPS) is 29.2. The number of esters is 1. The molecule has 2 aliphatic rings. The summed E-state index contributed by atoms with van der Waals surface area (Å²) in [6.07, 6.45) is 2.97. The number of methoxy groups -OCH3 is 1. The first-order chi connectivity index (χ1) is 10.6. The molecule has 1 aromatic rings. The lowest BCUT2D eigenvalue weighted by Crippen LogP contribution is -2.48. The zero-order chi connectivity index (χ0) is 15.7. The van der Waals surface area contributed by atoms with Gasteiger partial charge in [-0.1, -0.05) is 6.07 Å². The molecule has 2 fully saturated rings. The number of anilines is 1. The van der Waals surface area contributed by atoms with Crippen molar-refractivity contribution in [2.75, 3.05) is 12.4 Å². The van der Waals surface area contributed by atoms with E-state index in [1.165, 1.54) is 25.3 Å². The lowest BCUT2D eigenvalue weighted by Gasteiger charge is -2.29. The third-order valence-corrected chi connectivity index (χ3v) is 4.77. The van der Waals surface area contributed by atoms with Gasteiger partial charge in [-0.3, -0.25) is 4.79 Å². The molecule has 0 spiro atoms. The van der Waals surface area contributed by atoms with Crippen LogP contribution in [0.25, 0.3) is 0 Å². The van der Waals surface area contributed by atoms with Crippen LogP contribution in [0.1, 0.15) is 19.3 Å². The fourth-order valence-corrected chi connectivity index (χ4v) is 3.86. The summed E-state index contributed by atoms with van der Waals surface area (Å²) in [6, 6.07) is 5.07. The summed E-state index contributed by atoms with van der Waals surface area (Å²) in [5, 5.41) is 5.47. The summed E-state index contributed by atoms with van der Waals surface area (Å²) in [4.78, 5) is 24.1. The van der Waals surface area contributed by atoms with E-state index in [-0.39, 0.29) is 23.8 Å². The van der Waals surface area contributed by atoms with Gasteiger partial charge in [-0.2, -0.15) is 0 Å². The molecular formula is C16H19FN2O3. The van der Waals surface area contributed by atoms with Gasteiger partial charge < -0.3 is 15.4 Å². The topological polar surface area (TPSA) is 67.4 Å². The lowest BCUT2D eigenvalue weighted by molar-refractivity contribution is -0.148. The number of hydrogen-bond acceptors (Lipinski definition) is 3. The molecule has 0 aliphatic heterocycles. The van der Waals surface area contributed by atoms with Gasteiger partial charge in [0.2, 0.25) is 0 Å². The van der Waals surface area contributed by atoms with Crippen LogP contribution in [-0.4, -0.2) is 25.2 Å². The van der Waals surface area contributed by atoms with Crippen LogP contribution in [0.5, 0.6) is 0 Å². The Bertz CT molecular complexity index is 593. The molecule has 0 heterocycles. The van der Waals surface area contributed by atoms with Gasteiger partial charge in [-0.25, -0.2) is 9.18 Å². The molecule has 0 unspecified atom stereocenters. The third kappa shape index (κ3) is 2.77. The summed E-state index contributed by atoms with van der Waals surface area (Å²) in [6.45, 7) is 0. The zero-order valence-electron chi connectivity index (χ0n) is 12.3. The molecule has 2 aliphatic carbocycles. The second-order valence-corrected chi connectivity index (χ2v) is 6.02. The number of urea groups is 1. The van der Waals surface area contributed by atoms with E-state index in [0.29, 0.717) is 11.6 Å². The molecule has 1 aromatic carbocycles. The highest BCUT2D eigenvalue weighted by molar-refractivity contribution is 5.90. The van der Waals surface area contributed by atoms with Crippen molar-refractivity contribution in [1.29, 1.82) is 0 Å². The highest BCUT2D eigenvalue weighted by Crippen LogP contribution is 2.48. The highest BCUT2D eigenvalue weighted by atomic mass is 19.1. The van der Waals surface area contributed by atoms with Crippen LogP contribution in [0.2, 0.25) is 0 Å². The highest BCUT2D eigenvalue weighted by Gasteiger charge is 2.52. The first-order valence-electron chi connectivity index (χ1n) is 7.49. The molecule has 22 heavy (non-hydrogen) atoms. The molecule has 3 rings (SSSR count). The van der Waals surface area contributed by atoms with Crippen LogP contribution >= 0.6 is 0 Å². The van der Waals surface area contributed by atoms with Crippen LogP contribution < -0.4 is 10.6 Å². The Morgan fingerprint density at radius 2 is 2.05 bits per heavy atom. The van der Waals surface area contributed by atoms with Gasteiger partial charge in [-0.15, -0.1) is 0 Å². The van der Waals surface area contributed by atoms with E-state index >= 15 is 0 Å². The van der Waals surface area contributed by atoms with Crippen molar-refractivity contribution in [3.63, 3.8) is 0 Å². The van der Waals surface area contributed by atoms with Crippen molar-refractivity contribution in [2.24, 2.45) is 17.8 Å². The maximum absolute atomic E-state index is 13.1. The van der Waals surface area contributed by atoms with Crippen molar-refractivity contribution in [2.45, 2.75) is 25.3 Å². The molecule has 0 aromatic heterocycles. The number of ether oxygens (including phenoxy) is 1. The number of benzene rings is 1. The predicted molar refractivity (Wildman–Crippen MR) is 78.7 cm³/mol. The van der Waals surface area contributed by atoms with Gasteiger partial charge >= 0.3 is 12.0 Å². The smallest absolute Gasteiger partial charge is 0.319 e. The number of rotatable bonds is 3. The molecule has 0 radical (unpaired) electrons. The summed E-state index contributed by atoms with van der Waals surface area (Å²) < 4.78 is 18.0. The van der Waals surface area contributed by atoms with Crippen molar-refractivity contribution < 1.29 is 18.7 Å². The summed E-state index contributed by atoms with van der Waals surface area (Å²) >= 11 is 0. The number of halogens is 1. The number of carbonyl (C=O) groups excluding carboxylic acids is 2. The largest absolute Gasteiger partial charge is 0.469 e. The van der Waals surface area contributed by atoms with E-state index in [9.17, 15) is 14.0 Å². The van der Waals surface area contributed by atoms with Crippen LogP contribution in [0.3, 0.4) is 0 Å². The van der Waals surface area contributed by atoms with Gasteiger partial charge in [0.25, 0.3) is 0 Å². The molecule has 2 saturated carbocycles. The van der Waals surface area contributed by atoms with E-state index in [4.69, 9.17) is 4.74 Å². The first-order valence-corrected chi connectivity index (χ1v) is 7.49. The van der Waals surface area contributed by atoms with Gasteiger partial charge in [0.05, 0.1) is 13.0 Å². The van der Waals surface area contributed by atoms with E-state index in [0.717, 1.165) is 19.3 Å². The molecule has 2 amide bonds. The maximum atomic E-state index is 13.1. The van der Waals surface area contributed by atoms with Crippen LogP contribution in [0.15, 0.2) is 24.3 Å². The molecule has 6 heteroatoms. The summed E-state index contributed by atoms with van der Waals surface area (Å²) in [5.74, 6) is -0.347. The maximum Gasteiger partial charge on any atom is 0.319 e. The van der Waals surface area contributed by atoms with Gasteiger partial charge in [0.15, 0.2) is 0 Å². The third-order valence-electron chi connectivity index (χ3n) is 4.77. The number of carbonyl (C=O) groups is 2. The Labute approximate surface area is 128 Å². The fraction of sp³-hybridized carbons (Fsp3) is 0.500. The number of amides is 2. The van der Waals surface area contributed by atoms with E-state index in [2.05, 4.69) is 10.6 Å². The molecule has 5 nitrogen and oxygen atoms in total. The second kappa shape index (κ2) is 5.94. The summed E-state index contributed by atoms with van der Waals surface area (Å²) in [7, 11) is 1.37. The average Bonchev–Trinajstić information content (AvgIpc) is 3.07. The molecular weight excluding hydrogens is 287 g/mol. The number of fused-ring (bicyclic) bond motifs is 2. The van der Waals surface area contributed by atoms with E-state index in [1.807, 2.05) is 0 Å². The quantitative estimate of drug-likeness (QED) is 0.843. The van der Waals surface area contributed by atoms with Gasteiger partial charge in [0.1, 0.15) is 5.82 Å². The van der Waals surface area contributed by atoms with Crippen LogP contribution in [0.4, 0.5) is 14.9 Å². The minimum atomic E-state index is -0.419. The lowest BCUT2D eigenvalue weighted by atomic mass is 9.84. The van der Waals surface area contributed by atoms with Crippen LogP contribution in [-0.2, 0) is 9.53 Å². The number of hydrogen-bond donors (Lipinski definition) is 2. The Kier molecular flexibility index (Phi) is 4.00. The Morgan fingerprint density at radius 1 is 1.27 bits per heavy atom. The fourth-order valence-electron chi connectivity index (χ4n) is 3.86.